The van der Waals surface area contributed by atoms with Gasteiger partial charge < -0.3 is 19.3 Å². The summed E-state index contributed by atoms with van der Waals surface area (Å²) in [5.74, 6) is 1.01. The molecule has 1 fully saturated rings. The predicted octanol–water partition coefficient (Wildman–Crippen LogP) is 5.84. The number of methoxy groups -OCH3 is 1. The molecule has 0 atom stereocenters. The molecule has 160 valence electrons. The lowest BCUT2D eigenvalue weighted by Crippen LogP contribution is -2.53. The fourth-order valence-electron chi connectivity index (χ4n) is 3.31. The molecule has 1 amide bonds. The highest BCUT2D eigenvalue weighted by Crippen LogP contribution is 2.35. The number of likely N-dealkylation sites (tertiary alicyclic amines) is 1. The van der Waals surface area contributed by atoms with Gasteiger partial charge in [-0.3, -0.25) is 0 Å². The Kier molecular flexibility index (Phi) is 6.76. The lowest BCUT2D eigenvalue weighted by molar-refractivity contribution is 0.00344. The monoisotopic (exact) mass is 472 g/mol. The van der Waals surface area contributed by atoms with E-state index in [0.29, 0.717) is 19.6 Å². The van der Waals surface area contributed by atoms with Crippen LogP contribution < -0.4 is 9.64 Å². The summed E-state index contributed by atoms with van der Waals surface area (Å²) in [6.45, 7) is 11.9. The molecule has 0 saturated carbocycles. The van der Waals surface area contributed by atoms with Crippen molar-refractivity contribution < 1.29 is 14.3 Å². The van der Waals surface area contributed by atoms with Crippen molar-refractivity contribution >= 4 is 27.7 Å². The molecule has 1 heterocycles. The second-order valence-corrected chi connectivity index (χ2v) is 9.31. The Bertz CT molecular complexity index is 899. The van der Waals surface area contributed by atoms with Crippen LogP contribution in [0.1, 0.15) is 26.3 Å². The van der Waals surface area contributed by atoms with Crippen molar-refractivity contribution in [3.05, 3.63) is 70.8 Å². The summed E-state index contributed by atoms with van der Waals surface area (Å²) in [4.78, 5) is 16.2. The minimum Gasteiger partial charge on any atom is -0.497 e. The van der Waals surface area contributed by atoms with Gasteiger partial charge in [0.1, 0.15) is 11.4 Å². The van der Waals surface area contributed by atoms with Gasteiger partial charge in [0.15, 0.2) is 0 Å². The predicted molar refractivity (Wildman–Crippen MR) is 124 cm³/mol. The number of benzene rings is 2. The first-order valence-corrected chi connectivity index (χ1v) is 10.8. The van der Waals surface area contributed by atoms with Gasteiger partial charge in [-0.25, -0.2) is 4.79 Å². The zero-order valence-electron chi connectivity index (χ0n) is 18.0. The normalized spacial score (nSPS) is 14.1. The fourth-order valence-corrected chi connectivity index (χ4v) is 3.81. The molecule has 5 nitrogen and oxygen atoms in total. The van der Waals surface area contributed by atoms with E-state index in [1.165, 1.54) is 0 Å². The number of hydrogen-bond donors (Lipinski definition) is 0. The van der Waals surface area contributed by atoms with Crippen LogP contribution in [0, 0.1) is 5.92 Å². The fraction of sp³-hybridized carbons (Fsp3) is 0.375. The van der Waals surface area contributed by atoms with Gasteiger partial charge in [-0.05, 0) is 66.5 Å². The molecule has 0 aromatic heterocycles. The first-order chi connectivity index (χ1) is 14.2. The number of para-hydroxylation sites is 1. The van der Waals surface area contributed by atoms with Crippen molar-refractivity contribution in [2.45, 2.75) is 32.9 Å². The number of ether oxygens (including phenoxy) is 2. The van der Waals surface area contributed by atoms with Crippen LogP contribution in [0.3, 0.4) is 0 Å². The second kappa shape index (κ2) is 9.13. The third kappa shape index (κ3) is 5.36. The van der Waals surface area contributed by atoms with E-state index in [1.54, 1.807) is 12.0 Å². The Balaban J connectivity index is 1.75. The molecule has 0 radical (unpaired) electrons. The van der Waals surface area contributed by atoms with Crippen LogP contribution in [-0.4, -0.2) is 36.8 Å². The molecule has 30 heavy (non-hydrogen) atoms. The van der Waals surface area contributed by atoms with Crippen LogP contribution in [0.4, 0.5) is 10.5 Å². The van der Waals surface area contributed by atoms with Crippen LogP contribution in [-0.2, 0) is 11.3 Å². The number of hydrogen-bond acceptors (Lipinski definition) is 4. The highest BCUT2D eigenvalue weighted by atomic mass is 79.9. The van der Waals surface area contributed by atoms with E-state index in [4.69, 9.17) is 9.47 Å². The molecule has 1 aliphatic rings. The molecule has 6 heteroatoms. The lowest BCUT2D eigenvalue weighted by atomic mass is 9.95. The summed E-state index contributed by atoms with van der Waals surface area (Å²) in [5.41, 5.74) is 2.69. The Morgan fingerprint density at radius 3 is 2.37 bits per heavy atom. The van der Waals surface area contributed by atoms with Crippen molar-refractivity contribution in [2.24, 2.45) is 5.92 Å². The number of halogens is 1. The van der Waals surface area contributed by atoms with Crippen LogP contribution in [0.5, 0.6) is 5.75 Å². The van der Waals surface area contributed by atoms with E-state index >= 15 is 0 Å². The van der Waals surface area contributed by atoms with Gasteiger partial charge in [0, 0.05) is 35.7 Å². The quantitative estimate of drug-likeness (QED) is 0.528. The minimum atomic E-state index is -0.492. The highest BCUT2D eigenvalue weighted by Gasteiger charge is 2.37. The minimum absolute atomic E-state index is 0.183. The average Bonchev–Trinajstić information content (AvgIpc) is 2.64. The number of rotatable bonds is 6. The molecular weight excluding hydrogens is 444 g/mol. The van der Waals surface area contributed by atoms with Crippen molar-refractivity contribution in [1.82, 2.24) is 4.90 Å². The van der Waals surface area contributed by atoms with Crippen molar-refractivity contribution in [3.8, 4) is 5.75 Å². The topological polar surface area (TPSA) is 42.0 Å². The molecule has 0 aliphatic carbocycles. The first kappa shape index (κ1) is 22.2. The van der Waals surface area contributed by atoms with E-state index in [1.807, 2.05) is 51.1 Å². The van der Waals surface area contributed by atoms with Gasteiger partial charge >= 0.3 is 6.09 Å². The van der Waals surface area contributed by atoms with Crippen LogP contribution in [0.15, 0.2) is 65.3 Å². The van der Waals surface area contributed by atoms with E-state index in [2.05, 4.69) is 45.6 Å². The summed E-state index contributed by atoms with van der Waals surface area (Å²) in [6, 6.07) is 16.2. The second-order valence-electron chi connectivity index (χ2n) is 8.46. The third-order valence-corrected chi connectivity index (χ3v) is 5.66. The largest absolute Gasteiger partial charge is 0.497 e. The number of anilines is 1. The Hall–Kier alpha value is -2.47. The van der Waals surface area contributed by atoms with Crippen molar-refractivity contribution in [1.29, 1.82) is 0 Å². The van der Waals surface area contributed by atoms with Gasteiger partial charge in [0.05, 0.1) is 12.8 Å². The van der Waals surface area contributed by atoms with E-state index in [0.717, 1.165) is 27.2 Å². The summed E-state index contributed by atoms with van der Waals surface area (Å²) < 4.78 is 11.7. The number of carbonyl (C=O) groups is 1. The van der Waals surface area contributed by atoms with Gasteiger partial charge in [-0.15, -0.1) is 0 Å². The average molecular weight is 473 g/mol. The smallest absolute Gasteiger partial charge is 0.410 e. The standard InChI is InChI=1S/C24H29BrN2O3/c1-17(19-15-26(16-19)23(28)30-24(2,3)4)27(22-9-7-6-8-21(22)25)14-18-10-12-20(29-5)13-11-18/h6-13,19H,1,14-16H2,2-5H3. The van der Waals surface area contributed by atoms with E-state index in [9.17, 15) is 4.79 Å². The molecule has 3 rings (SSSR count). The van der Waals surface area contributed by atoms with Crippen molar-refractivity contribution in [2.75, 3.05) is 25.1 Å². The van der Waals surface area contributed by atoms with Gasteiger partial charge in [0.25, 0.3) is 0 Å². The van der Waals surface area contributed by atoms with Crippen LogP contribution in [0.2, 0.25) is 0 Å². The molecule has 1 aliphatic heterocycles. The molecule has 1 saturated heterocycles. The highest BCUT2D eigenvalue weighted by molar-refractivity contribution is 9.10. The maximum absolute atomic E-state index is 12.3. The Morgan fingerprint density at radius 2 is 1.80 bits per heavy atom. The Morgan fingerprint density at radius 1 is 1.17 bits per heavy atom. The molecule has 2 aromatic carbocycles. The number of nitrogens with zero attached hydrogens (tertiary/aromatic N) is 2. The molecular formula is C24H29BrN2O3. The summed E-state index contributed by atoms with van der Waals surface area (Å²) >= 11 is 3.67. The molecule has 0 unspecified atom stereocenters. The molecule has 0 bridgehead atoms. The molecule has 0 spiro atoms. The lowest BCUT2D eigenvalue weighted by Gasteiger charge is -2.43. The molecule has 2 aromatic rings. The van der Waals surface area contributed by atoms with E-state index in [-0.39, 0.29) is 12.0 Å². The Labute approximate surface area is 187 Å². The summed E-state index contributed by atoms with van der Waals surface area (Å²) in [6.07, 6.45) is -0.269. The first-order valence-electron chi connectivity index (χ1n) is 9.99. The van der Waals surface area contributed by atoms with Crippen LogP contribution in [0.25, 0.3) is 0 Å². The number of carbonyl (C=O) groups excluding carboxylic acids is 1. The van der Waals surface area contributed by atoms with Gasteiger partial charge in [-0.1, -0.05) is 30.8 Å². The number of amides is 1. The zero-order valence-corrected chi connectivity index (χ0v) is 19.6. The third-order valence-electron chi connectivity index (χ3n) is 4.99. The maximum atomic E-state index is 12.3. The summed E-state index contributed by atoms with van der Waals surface area (Å²) in [7, 11) is 1.66. The van der Waals surface area contributed by atoms with Gasteiger partial charge in [0.2, 0.25) is 0 Å². The van der Waals surface area contributed by atoms with Crippen LogP contribution >= 0.6 is 15.9 Å². The maximum Gasteiger partial charge on any atom is 0.410 e. The SMILES string of the molecule is C=C(C1CN(C(=O)OC(C)(C)C)C1)N(Cc1ccc(OC)cc1)c1ccccc1Br. The van der Waals surface area contributed by atoms with Crippen molar-refractivity contribution in [3.63, 3.8) is 0 Å². The van der Waals surface area contributed by atoms with E-state index < -0.39 is 5.60 Å². The molecule has 0 N–H and O–H groups in total. The summed E-state index contributed by atoms with van der Waals surface area (Å²) in [5, 5.41) is 0. The van der Waals surface area contributed by atoms with Gasteiger partial charge in [-0.2, -0.15) is 0 Å². The zero-order chi connectivity index (χ0) is 21.9.